The Kier molecular flexibility index (Phi) is 7.05. The molecule has 1 spiro atoms. The number of hydrogen-bond acceptors (Lipinski definition) is 7. The minimum absolute atomic E-state index is 0.192. The van der Waals surface area contributed by atoms with Crippen molar-refractivity contribution in [2.45, 2.75) is 42.5 Å². The second-order valence-electron chi connectivity index (χ2n) is 11.4. The number of benzene rings is 3. The third-order valence-corrected chi connectivity index (χ3v) is 10.3. The van der Waals surface area contributed by atoms with Crippen LogP contribution >= 0.6 is 11.8 Å². The molecule has 6 rings (SSSR count). The van der Waals surface area contributed by atoms with Crippen molar-refractivity contribution in [2.24, 2.45) is 11.3 Å². The SMILES string of the molecule is COC(=O)C1=CCC2(C(=O)N3[C@@H](C(=O)OC(c4ccccc4)c4ccccc4)C(C)(C)S[C@@H]32)C1C(=O)c1ccccc1. The highest BCUT2D eigenvalue weighted by molar-refractivity contribution is 8.01. The fourth-order valence-electron chi connectivity index (χ4n) is 6.61. The molecule has 2 fully saturated rings. The Bertz CT molecular complexity index is 1530. The number of β-lactam (4-membered cyclic amide) rings is 1. The summed E-state index contributed by atoms with van der Waals surface area (Å²) in [6.07, 6.45) is 1.21. The van der Waals surface area contributed by atoms with Gasteiger partial charge in [0.2, 0.25) is 5.91 Å². The van der Waals surface area contributed by atoms with Gasteiger partial charge in [-0.15, -0.1) is 11.8 Å². The molecule has 3 aromatic rings. The molecule has 3 aromatic carbocycles. The molecule has 3 aliphatic rings. The molecule has 0 bridgehead atoms. The van der Waals surface area contributed by atoms with E-state index in [4.69, 9.17) is 9.47 Å². The summed E-state index contributed by atoms with van der Waals surface area (Å²) in [6.45, 7) is 3.83. The molecular weight excluding hydrogens is 550 g/mol. The number of amides is 1. The molecule has 0 radical (unpaired) electrons. The van der Waals surface area contributed by atoms with Crippen molar-refractivity contribution in [1.82, 2.24) is 4.90 Å². The molecular formula is C34H31NO6S. The Labute approximate surface area is 248 Å². The Balaban J connectivity index is 1.34. The van der Waals surface area contributed by atoms with Crippen molar-refractivity contribution in [3.8, 4) is 0 Å². The van der Waals surface area contributed by atoms with Gasteiger partial charge in [-0.05, 0) is 31.4 Å². The molecule has 8 heteroatoms. The Morgan fingerprint density at radius 2 is 1.43 bits per heavy atom. The van der Waals surface area contributed by atoms with Crippen LogP contribution in [0.15, 0.2) is 103 Å². The summed E-state index contributed by atoms with van der Waals surface area (Å²) in [4.78, 5) is 56.6. The van der Waals surface area contributed by atoms with E-state index in [1.54, 1.807) is 41.3 Å². The first kappa shape index (κ1) is 28.0. The maximum Gasteiger partial charge on any atom is 0.334 e. The van der Waals surface area contributed by atoms with Gasteiger partial charge in [-0.25, -0.2) is 9.59 Å². The standard InChI is InChI=1S/C34H31NO6S/c1-33(2)28(30(38)41-27(22-15-9-5-10-16-22)23-17-11-6-12-18-23)35-31(39)34(32(35)42-33)20-19-24(29(37)40-3)25(34)26(36)21-13-7-4-8-14-21/h4-19,25,27-28,32H,20H2,1-3H3/t25?,28-,32+,34?/m0/s1. The molecule has 2 aliphatic heterocycles. The first-order valence-electron chi connectivity index (χ1n) is 13.9. The van der Waals surface area contributed by atoms with Crippen molar-refractivity contribution in [3.63, 3.8) is 0 Å². The number of ether oxygens (including phenoxy) is 2. The van der Waals surface area contributed by atoms with Crippen LogP contribution in [0.5, 0.6) is 0 Å². The average molecular weight is 582 g/mol. The highest BCUT2D eigenvalue weighted by atomic mass is 32.2. The molecule has 0 N–H and O–H groups in total. The summed E-state index contributed by atoms with van der Waals surface area (Å²) >= 11 is 1.48. The van der Waals surface area contributed by atoms with E-state index in [0.29, 0.717) is 5.56 Å². The highest BCUT2D eigenvalue weighted by Crippen LogP contribution is 2.66. The average Bonchev–Trinajstić information content (AvgIpc) is 3.56. The molecule has 214 valence electrons. The van der Waals surface area contributed by atoms with Crippen LogP contribution in [0, 0.1) is 11.3 Å². The number of carbonyl (C=O) groups is 4. The van der Waals surface area contributed by atoms with E-state index in [0.717, 1.165) is 11.1 Å². The van der Waals surface area contributed by atoms with Gasteiger partial charge in [0.05, 0.1) is 23.8 Å². The van der Waals surface area contributed by atoms with Crippen LogP contribution in [-0.4, -0.2) is 51.8 Å². The lowest BCUT2D eigenvalue weighted by Gasteiger charge is -2.54. The van der Waals surface area contributed by atoms with Crippen LogP contribution in [0.1, 0.15) is 47.9 Å². The largest absolute Gasteiger partial charge is 0.466 e. The van der Waals surface area contributed by atoms with E-state index in [1.165, 1.54) is 18.9 Å². The minimum Gasteiger partial charge on any atom is -0.466 e. The van der Waals surface area contributed by atoms with Crippen molar-refractivity contribution in [1.29, 1.82) is 0 Å². The van der Waals surface area contributed by atoms with Crippen LogP contribution < -0.4 is 0 Å². The first-order chi connectivity index (χ1) is 20.2. The van der Waals surface area contributed by atoms with Gasteiger partial charge in [0.1, 0.15) is 6.04 Å². The Morgan fingerprint density at radius 3 is 1.98 bits per heavy atom. The number of esters is 2. The third-order valence-electron chi connectivity index (χ3n) is 8.57. The number of nitrogens with zero attached hydrogens (tertiary/aromatic N) is 1. The topological polar surface area (TPSA) is 90.0 Å². The minimum atomic E-state index is -1.19. The van der Waals surface area contributed by atoms with Gasteiger partial charge in [0.25, 0.3) is 0 Å². The summed E-state index contributed by atoms with van der Waals surface area (Å²) < 4.78 is 10.5. The summed E-state index contributed by atoms with van der Waals surface area (Å²) in [5, 5.41) is -0.500. The summed E-state index contributed by atoms with van der Waals surface area (Å²) in [5.41, 5.74) is 1.05. The summed E-state index contributed by atoms with van der Waals surface area (Å²) in [7, 11) is 1.27. The fraction of sp³-hybridized carbons (Fsp3) is 0.294. The first-order valence-corrected chi connectivity index (χ1v) is 14.8. The summed E-state index contributed by atoms with van der Waals surface area (Å²) in [5.74, 6) is -2.79. The molecule has 42 heavy (non-hydrogen) atoms. The number of rotatable bonds is 7. The number of ketones is 1. The van der Waals surface area contributed by atoms with Crippen molar-refractivity contribution < 1.29 is 28.7 Å². The molecule has 0 saturated carbocycles. The zero-order valence-corrected chi connectivity index (χ0v) is 24.4. The van der Waals surface area contributed by atoms with Gasteiger partial charge in [-0.3, -0.25) is 9.59 Å². The number of fused-ring (bicyclic) bond motifs is 2. The molecule has 2 heterocycles. The lowest BCUT2D eigenvalue weighted by Crippen LogP contribution is -2.71. The molecule has 7 nitrogen and oxygen atoms in total. The number of carbonyl (C=O) groups excluding carboxylic acids is 4. The van der Waals surface area contributed by atoms with E-state index in [1.807, 2.05) is 74.5 Å². The number of thioether (sulfide) groups is 1. The van der Waals surface area contributed by atoms with E-state index in [2.05, 4.69) is 0 Å². The van der Waals surface area contributed by atoms with Crippen LogP contribution in [0.2, 0.25) is 0 Å². The molecule has 2 saturated heterocycles. The fourth-order valence-corrected chi connectivity index (χ4v) is 8.40. The maximum absolute atomic E-state index is 14.3. The van der Waals surface area contributed by atoms with Gasteiger partial charge < -0.3 is 14.4 Å². The van der Waals surface area contributed by atoms with Crippen LogP contribution in [0.3, 0.4) is 0 Å². The van der Waals surface area contributed by atoms with E-state index < -0.39 is 45.5 Å². The molecule has 0 aromatic heterocycles. The molecule has 1 amide bonds. The van der Waals surface area contributed by atoms with Crippen LogP contribution in [0.4, 0.5) is 0 Å². The lowest BCUT2D eigenvalue weighted by atomic mass is 9.64. The normalized spacial score (nSPS) is 25.5. The number of allylic oxidation sites excluding steroid dienone is 1. The van der Waals surface area contributed by atoms with E-state index in [-0.39, 0.29) is 23.7 Å². The van der Waals surface area contributed by atoms with Gasteiger partial charge in [0.15, 0.2) is 11.9 Å². The monoisotopic (exact) mass is 581 g/mol. The highest BCUT2D eigenvalue weighted by Gasteiger charge is 2.76. The zero-order chi connectivity index (χ0) is 29.6. The number of Topliss-reactive ketones (excluding diaryl/α,β-unsaturated/α-hetero) is 1. The third kappa shape index (κ3) is 4.28. The van der Waals surface area contributed by atoms with Crippen molar-refractivity contribution in [3.05, 3.63) is 119 Å². The zero-order valence-electron chi connectivity index (χ0n) is 23.6. The molecule has 2 unspecified atom stereocenters. The lowest BCUT2D eigenvalue weighted by molar-refractivity contribution is -0.179. The second-order valence-corrected chi connectivity index (χ2v) is 13.1. The Morgan fingerprint density at radius 1 is 0.881 bits per heavy atom. The van der Waals surface area contributed by atoms with Gasteiger partial charge >= 0.3 is 11.9 Å². The van der Waals surface area contributed by atoms with Crippen LogP contribution in [-0.2, 0) is 23.9 Å². The Hall–Kier alpha value is -4.17. The quantitative estimate of drug-likeness (QED) is 0.211. The van der Waals surface area contributed by atoms with Crippen molar-refractivity contribution >= 4 is 35.4 Å². The van der Waals surface area contributed by atoms with Gasteiger partial charge in [-0.2, -0.15) is 0 Å². The van der Waals surface area contributed by atoms with E-state index in [9.17, 15) is 19.2 Å². The maximum atomic E-state index is 14.3. The second kappa shape index (κ2) is 10.6. The molecule has 1 aliphatic carbocycles. The molecule has 4 atom stereocenters. The summed E-state index contributed by atoms with van der Waals surface area (Å²) in [6, 6.07) is 26.8. The van der Waals surface area contributed by atoms with Crippen LogP contribution in [0.25, 0.3) is 0 Å². The predicted octanol–water partition coefficient (Wildman–Crippen LogP) is 5.37. The number of hydrogen-bond donors (Lipinski definition) is 0. The van der Waals surface area contributed by atoms with E-state index >= 15 is 0 Å². The smallest absolute Gasteiger partial charge is 0.334 e. The predicted molar refractivity (Wildman–Crippen MR) is 158 cm³/mol. The van der Waals surface area contributed by atoms with Crippen molar-refractivity contribution in [2.75, 3.05) is 7.11 Å². The van der Waals surface area contributed by atoms with Gasteiger partial charge in [0, 0.05) is 15.9 Å². The van der Waals surface area contributed by atoms with Gasteiger partial charge in [-0.1, -0.05) is 97.1 Å². The number of methoxy groups -OCH3 is 1.